The van der Waals surface area contributed by atoms with Crippen LogP contribution in [0.5, 0.6) is 17.2 Å². The molecule has 0 saturated heterocycles. The van der Waals surface area contributed by atoms with E-state index in [1.165, 1.54) is 17.2 Å². The highest BCUT2D eigenvalue weighted by molar-refractivity contribution is 5.94. The Balaban J connectivity index is 1.28. The second-order valence-corrected chi connectivity index (χ2v) is 8.48. The lowest BCUT2D eigenvalue weighted by Crippen LogP contribution is -2.35. The molecule has 1 aliphatic carbocycles. The van der Waals surface area contributed by atoms with E-state index < -0.39 is 12.3 Å². The van der Waals surface area contributed by atoms with Gasteiger partial charge in [0.25, 0.3) is 5.91 Å². The van der Waals surface area contributed by atoms with Crippen molar-refractivity contribution in [1.29, 1.82) is 5.26 Å². The van der Waals surface area contributed by atoms with Crippen LogP contribution in [0.15, 0.2) is 60.7 Å². The third kappa shape index (κ3) is 4.75. The summed E-state index contributed by atoms with van der Waals surface area (Å²) < 4.78 is 16.5. The predicted molar refractivity (Wildman–Crippen MR) is 125 cm³/mol. The standard InChI is InChI=1S/C27H22N2O6/c28-15-19-13-22-23(35-27(31)32)9-10-33-25(22)14-24(19)34-21-7-5-16(6-8-21)26(30)29-20-11-17-3-1-2-4-18(17)12-20/h1-8,13-14,20,23H,9-12H2,(H,29,30)(H,31,32). The van der Waals surface area contributed by atoms with Gasteiger partial charge in [0.1, 0.15) is 29.4 Å². The van der Waals surface area contributed by atoms with Crippen molar-refractivity contribution in [2.24, 2.45) is 0 Å². The number of fused-ring (bicyclic) bond motifs is 2. The summed E-state index contributed by atoms with van der Waals surface area (Å²) in [6, 6.07) is 20.1. The van der Waals surface area contributed by atoms with Crippen molar-refractivity contribution in [3.8, 4) is 23.3 Å². The highest BCUT2D eigenvalue weighted by atomic mass is 16.7. The van der Waals surface area contributed by atoms with Gasteiger partial charge in [-0.2, -0.15) is 5.26 Å². The maximum Gasteiger partial charge on any atom is 0.506 e. The molecular weight excluding hydrogens is 448 g/mol. The number of carboxylic acid groups (broad SMARTS) is 1. The van der Waals surface area contributed by atoms with E-state index in [-0.39, 0.29) is 29.9 Å². The highest BCUT2D eigenvalue weighted by Gasteiger charge is 2.27. The van der Waals surface area contributed by atoms with Crippen molar-refractivity contribution >= 4 is 12.1 Å². The summed E-state index contributed by atoms with van der Waals surface area (Å²) in [5, 5.41) is 21.7. The van der Waals surface area contributed by atoms with Crippen LogP contribution in [0.2, 0.25) is 0 Å². The first-order valence-electron chi connectivity index (χ1n) is 11.3. The third-order valence-corrected chi connectivity index (χ3v) is 6.19. The van der Waals surface area contributed by atoms with Gasteiger partial charge in [0, 0.05) is 29.7 Å². The number of hydrogen-bond acceptors (Lipinski definition) is 6. The van der Waals surface area contributed by atoms with Crippen LogP contribution in [0.4, 0.5) is 4.79 Å². The molecule has 1 heterocycles. The average Bonchev–Trinajstić information content (AvgIpc) is 3.26. The number of hydrogen-bond donors (Lipinski definition) is 2. The summed E-state index contributed by atoms with van der Waals surface area (Å²) in [5.41, 5.74) is 3.75. The van der Waals surface area contributed by atoms with E-state index in [2.05, 4.69) is 23.5 Å². The van der Waals surface area contributed by atoms with E-state index in [0.29, 0.717) is 29.0 Å². The fourth-order valence-corrected chi connectivity index (χ4v) is 4.53. The Morgan fingerprint density at radius 3 is 2.43 bits per heavy atom. The second kappa shape index (κ2) is 9.39. The van der Waals surface area contributed by atoms with E-state index >= 15 is 0 Å². The van der Waals surface area contributed by atoms with Crippen molar-refractivity contribution in [3.05, 3.63) is 88.5 Å². The molecule has 2 N–H and O–H groups in total. The van der Waals surface area contributed by atoms with Gasteiger partial charge in [0.15, 0.2) is 0 Å². The number of nitrogens with one attached hydrogen (secondary N) is 1. The van der Waals surface area contributed by atoms with Crippen LogP contribution < -0.4 is 14.8 Å². The number of carbonyl (C=O) groups excluding carboxylic acids is 1. The Morgan fingerprint density at radius 1 is 1.06 bits per heavy atom. The zero-order valence-corrected chi connectivity index (χ0v) is 18.7. The van der Waals surface area contributed by atoms with E-state index in [1.54, 1.807) is 30.3 Å². The first kappa shape index (κ1) is 22.3. The molecule has 8 nitrogen and oxygen atoms in total. The van der Waals surface area contributed by atoms with E-state index in [1.807, 2.05) is 12.1 Å². The molecule has 1 aliphatic heterocycles. The largest absolute Gasteiger partial charge is 0.506 e. The molecule has 3 aromatic rings. The average molecular weight is 470 g/mol. The lowest BCUT2D eigenvalue weighted by Gasteiger charge is -2.25. The van der Waals surface area contributed by atoms with E-state index in [9.17, 15) is 14.9 Å². The second-order valence-electron chi connectivity index (χ2n) is 8.48. The van der Waals surface area contributed by atoms with E-state index in [4.69, 9.17) is 19.3 Å². The van der Waals surface area contributed by atoms with Crippen molar-refractivity contribution < 1.29 is 28.9 Å². The number of benzene rings is 3. The van der Waals surface area contributed by atoms with Crippen molar-refractivity contribution in [1.82, 2.24) is 5.32 Å². The molecule has 3 aromatic carbocycles. The minimum absolute atomic E-state index is 0.0680. The van der Waals surface area contributed by atoms with Crippen LogP contribution in [0.1, 0.15) is 45.1 Å². The number of ether oxygens (including phenoxy) is 3. The predicted octanol–water partition coefficient (Wildman–Crippen LogP) is 4.77. The first-order valence-corrected chi connectivity index (χ1v) is 11.3. The molecule has 35 heavy (non-hydrogen) atoms. The van der Waals surface area contributed by atoms with Gasteiger partial charge in [0.05, 0.1) is 12.2 Å². The van der Waals surface area contributed by atoms with Crippen molar-refractivity contribution in [2.45, 2.75) is 31.4 Å². The molecule has 2 aliphatic rings. The van der Waals surface area contributed by atoms with Gasteiger partial charge in [-0.25, -0.2) is 4.79 Å². The molecule has 0 aromatic heterocycles. The van der Waals surface area contributed by atoms with Gasteiger partial charge < -0.3 is 24.6 Å². The molecule has 1 atom stereocenters. The summed E-state index contributed by atoms with van der Waals surface area (Å²) in [6.07, 6.45) is -0.0931. The molecule has 0 radical (unpaired) electrons. The Labute approximate surface area is 201 Å². The summed E-state index contributed by atoms with van der Waals surface area (Å²) in [4.78, 5) is 23.7. The molecule has 0 fully saturated rings. The van der Waals surface area contributed by atoms with Gasteiger partial charge in [-0.05, 0) is 54.3 Å². The minimum Gasteiger partial charge on any atom is -0.493 e. The first-order chi connectivity index (χ1) is 17.0. The molecule has 1 amide bonds. The molecule has 0 saturated carbocycles. The van der Waals surface area contributed by atoms with Crippen LogP contribution >= 0.6 is 0 Å². The van der Waals surface area contributed by atoms with Gasteiger partial charge in [-0.1, -0.05) is 24.3 Å². The topological polar surface area (TPSA) is 118 Å². The summed E-state index contributed by atoms with van der Waals surface area (Å²) in [5.74, 6) is 0.965. The van der Waals surface area contributed by atoms with Crippen LogP contribution in [-0.4, -0.2) is 29.8 Å². The fraction of sp³-hybridized carbons (Fsp3) is 0.222. The molecular formula is C27H22N2O6. The lowest BCUT2D eigenvalue weighted by atomic mass is 10.00. The van der Waals surface area contributed by atoms with Gasteiger partial charge in [0.2, 0.25) is 0 Å². The van der Waals surface area contributed by atoms with Crippen LogP contribution in [0.25, 0.3) is 0 Å². The maximum atomic E-state index is 12.7. The van der Waals surface area contributed by atoms with Gasteiger partial charge in [-0.15, -0.1) is 0 Å². The number of nitrogens with zero attached hydrogens (tertiary/aromatic N) is 1. The smallest absolute Gasteiger partial charge is 0.493 e. The maximum absolute atomic E-state index is 12.7. The fourth-order valence-electron chi connectivity index (χ4n) is 4.53. The van der Waals surface area contributed by atoms with Crippen molar-refractivity contribution in [2.75, 3.05) is 6.61 Å². The van der Waals surface area contributed by atoms with Crippen molar-refractivity contribution in [3.63, 3.8) is 0 Å². The van der Waals surface area contributed by atoms with Crippen LogP contribution in [0, 0.1) is 11.3 Å². The number of rotatable bonds is 5. The Kier molecular flexibility index (Phi) is 5.98. The molecule has 1 unspecified atom stereocenters. The Hall–Kier alpha value is -4.51. The lowest BCUT2D eigenvalue weighted by molar-refractivity contribution is 0.0326. The number of nitriles is 1. The molecule has 0 bridgehead atoms. The van der Waals surface area contributed by atoms with Gasteiger partial charge >= 0.3 is 6.16 Å². The third-order valence-electron chi connectivity index (χ3n) is 6.19. The summed E-state index contributed by atoms with van der Waals surface area (Å²) in [6.45, 7) is 0.284. The normalized spacial score (nSPS) is 16.3. The molecule has 5 rings (SSSR count). The van der Waals surface area contributed by atoms with E-state index in [0.717, 1.165) is 12.8 Å². The molecule has 8 heteroatoms. The zero-order chi connectivity index (χ0) is 24.4. The number of carbonyl (C=O) groups is 2. The van der Waals surface area contributed by atoms with Crippen LogP contribution in [0.3, 0.4) is 0 Å². The number of amides is 1. The minimum atomic E-state index is -1.39. The summed E-state index contributed by atoms with van der Waals surface area (Å²) >= 11 is 0. The Morgan fingerprint density at radius 2 is 1.77 bits per heavy atom. The monoisotopic (exact) mass is 470 g/mol. The summed E-state index contributed by atoms with van der Waals surface area (Å²) in [7, 11) is 0. The molecule has 176 valence electrons. The SMILES string of the molecule is N#Cc1cc2c(cc1Oc1ccc(C(=O)NC3Cc4ccccc4C3)cc1)OCCC2OC(=O)O. The Bertz CT molecular complexity index is 1300. The molecule has 0 spiro atoms. The zero-order valence-electron chi connectivity index (χ0n) is 18.7. The van der Waals surface area contributed by atoms with Crippen LogP contribution in [-0.2, 0) is 17.6 Å². The highest BCUT2D eigenvalue weighted by Crippen LogP contribution is 2.40. The van der Waals surface area contributed by atoms with Gasteiger partial charge in [-0.3, -0.25) is 4.79 Å². The quantitative estimate of drug-likeness (QED) is 0.516.